The van der Waals surface area contributed by atoms with Gasteiger partial charge in [-0.1, -0.05) is 25.3 Å². The number of anilines is 1. The Balaban J connectivity index is 1.16. The fourth-order valence-electron chi connectivity index (χ4n) is 4.95. The summed E-state index contributed by atoms with van der Waals surface area (Å²) in [6.07, 6.45) is 11.0. The van der Waals surface area contributed by atoms with E-state index in [4.69, 9.17) is 4.74 Å². The van der Waals surface area contributed by atoms with Crippen molar-refractivity contribution in [2.45, 2.75) is 57.8 Å². The average molecular weight is 357 g/mol. The molecular formula is C22H32N2O2. The van der Waals surface area contributed by atoms with Crippen LogP contribution in [0.5, 0.6) is 5.75 Å². The number of amides is 1. The highest BCUT2D eigenvalue weighted by Crippen LogP contribution is 2.36. The van der Waals surface area contributed by atoms with Crippen molar-refractivity contribution < 1.29 is 9.53 Å². The van der Waals surface area contributed by atoms with E-state index in [9.17, 15) is 4.79 Å². The second-order valence-corrected chi connectivity index (χ2v) is 8.32. The molecule has 2 aliphatic heterocycles. The minimum absolute atomic E-state index is 0.108. The van der Waals surface area contributed by atoms with Crippen LogP contribution in [0.4, 0.5) is 5.69 Å². The van der Waals surface area contributed by atoms with E-state index in [1.165, 1.54) is 63.7 Å². The number of rotatable bonds is 6. The Hall–Kier alpha value is -1.55. The molecule has 4 heteroatoms. The Morgan fingerprint density at radius 2 is 1.96 bits per heavy atom. The summed E-state index contributed by atoms with van der Waals surface area (Å²) in [5.41, 5.74) is 2.14. The number of ether oxygens (including phenoxy) is 1. The molecule has 0 spiro atoms. The summed E-state index contributed by atoms with van der Waals surface area (Å²) in [5.74, 6) is 2.97. The molecule has 2 fully saturated rings. The second-order valence-electron chi connectivity index (χ2n) is 8.32. The molecule has 1 aromatic carbocycles. The summed E-state index contributed by atoms with van der Waals surface area (Å²) in [7, 11) is 0. The third kappa shape index (κ3) is 4.40. The summed E-state index contributed by atoms with van der Waals surface area (Å²) in [4.78, 5) is 14.2. The zero-order valence-corrected chi connectivity index (χ0v) is 15.8. The van der Waals surface area contributed by atoms with Crippen LogP contribution in [0.1, 0.15) is 56.9 Å². The minimum Gasteiger partial charge on any atom is -0.494 e. The first-order valence-corrected chi connectivity index (χ1v) is 10.6. The van der Waals surface area contributed by atoms with E-state index in [1.54, 1.807) is 0 Å². The van der Waals surface area contributed by atoms with Gasteiger partial charge in [-0.2, -0.15) is 0 Å². The van der Waals surface area contributed by atoms with Gasteiger partial charge in [0.2, 0.25) is 5.91 Å². The lowest BCUT2D eigenvalue weighted by Gasteiger charge is -2.41. The summed E-state index contributed by atoms with van der Waals surface area (Å²) in [6.45, 7) is 4.60. The van der Waals surface area contributed by atoms with Gasteiger partial charge >= 0.3 is 0 Å². The van der Waals surface area contributed by atoms with Crippen LogP contribution in [-0.2, 0) is 11.2 Å². The molecule has 1 saturated carbocycles. The maximum absolute atomic E-state index is 11.5. The van der Waals surface area contributed by atoms with E-state index in [0.29, 0.717) is 6.42 Å². The molecule has 1 aliphatic carbocycles. The zero-order chi connectivity index (χ0) is 17.8. The number of carbonyl (C=O) groups excluding carboxylic acids is 1. The number of unbranched alkanes of at least 4 members (excludes halogenated alkanes) is 1. The first kappa shape index (κ1) is 17.8. The molecule has 0 radical (unpaired) electrons. The number of likely N-dealkylation sites (tertiary alicyclic amines) is 1. The van der Waals surface area contributed by atoms with Crippen molar-refractivity contribution in [2.24, 2.45) is 11.8 Å². The molecule has 0 aromatic heterocycles. The van der Waals surface area contributed by atoms with Crippen molar-refractivity contribution in [2.75, 3.05) is 31.6 Å². The van der Waals surface area contributed by atoms with Gasteiger partial charge in [0.15, 0.2) is 0 Å². The first-order valence-electron chi connectivity index (χ1n) is 10.6. The van der Waals surface area contributed by atoms with Crippen LogP contribution in [0, 0.1) is 11.8 Å². The highest BCUT2D eigenvalue weighted by Gasteiger charge is 2.30. The van der Waals surface area contributed by atoms with Gasteiger partial charge in [0.25, 0.3) is 0 Å². The van der Waals surface area contributed by atoms with Crippen molar-refractivity contribution in [1.29, 1.82) is 0 Å². The van der Waals surface area contributed by atoms with Crippen molar-refractivity contribution in [3.63, 3.8) is 0 Å². The molecule has 2 unspecified atom stereocenters. The van der Waals surface area contributed by atoms with Gasteiger partial charge in [-0.25, -0.2) is 0 Å². The molecule has 2 heterocycles. The van der Waals surface area contributed by atoms with Gasteiger partial charge in [0.1, 0.15) is 5.75 Å². The van der Waals surface area contributed by atoms with Gasteiger partial charge in [-0.05, 0) is 68.7 Å². The fourth-order valence-corrected chi connectivity index (χ4v) is 4.95. The number of aryl methyl sites for hydroxylation is 1. The van der Waals surface area contributed by atoms with Gasteiger partial charge in [0, 0.05) is 24.7 Å². The van der Waals surface area contributed by atoms with Crippen LogP contribution in [0.2, 0.25) is 0 Å². The van der Waals surface area contributed by atoms with Crippen molar-refractivity contribution in [1.82, 2.24) is 4.90 Å². The number of nitrogens with zero attached hydrogens (tertiary/aromatic N) is 1. The highest BCUT2D eigenvalue weighted by atomic mass is 16.5. The van der Waals surface area contributed by atoms with Crippen LogP contribution >= 0.6 is 0 Å². The largest absolute Gasteiger partial charge is 0.494 e. The van der Waals surface area contributed by atoms with Gasteiger partial charge in [-0.15, -0.1) is 0 Å². The standard InChI is InChI=1S/C22H32N2O2/c25-22-10-8-18-7-9-20(15-21(18)23-22)26-14-4-3-12-24-13-11-17-5-1-2-6-19(17)16-24/h7,9,15,17,19H,1-6,8,10-14,16H2,(H,23,25). The number of carbonyl (C=O) groups is 1. The average Bonchev–Trinajstić information content (AvgIpc) is 2.67. The number of piperidine rings is 1. The SMILES string of the molecule is O=C1CCc2ccc(OCCCCN3CCC4CCCCC4C3)cc2N1. The molecular weight excluding hydrogens is 324 g/mol. The molecule has 4 nitrogen and oxygen atoms in total. The third-order valence-corrected chi connectivity index (χ3v) is 6.49. The summed E-state index contributed by atoms with van der Waals surface area (Å²) in [6, 6.07) is 6.09. The Kier molecular flexibility index (Phi) is 5.78. The lowest BCUT2D eigenvalue weighted by atomic mass is 9.75. The van der Waals surface area contributed by atoms with Gasteiger partial charge < -0.3 is 15.0 Å². The van der Waals surface area contributed by atoms with Crippen LogP contribution in [0.3, 0.4) is 0 Å². The lowest BCUT2D eigenvalue weighted by Crippen LogP contribution is -2.42. The Bertz CT molecular complexity index is 631. The van der Waals surface area contributed by atoms with Crippen molar-refractivity contribution >= 4 is 11.6 Å². The van der Waals surface area contributed by atoms with E-state index in [0.717, 1.165) is 42.7 Å². The van der Waals surface area contributed by atoms with Crippen molar-refractivity contribution in [3.8, 4) is 5.75 Å². The van der Waals surface area contributed by atoms with Gasteiger partial charge in [0.05, 0.1) is 6.61 Å². The summed E-state index contributed by atoms with van der Waals surface area (Å²) >= 11 is 0. The first-order chi connectivity index (χ1) is 12.8. The number of hydrogen-bond acceptors (Lipinski definition) is 3. The number of nitrogens with one attached hydrogen (secondary N) is 1. The number of fused-ring (bicyclic) bond motifs is 2. The maximum Gasteiger partial charge on any atom is 0.224 e. The van der Waals surface area contributed by atoms with Crippen LogP contribution in [0.25, 0.3) is 0 Å². The van der Waals surface area contributed by atoms with Crippen LogP contribution < -0.4 is 10.1 Å². The highest BCUT2D eigenvalue weighted by molar-refractivity contribution is 5.94. The molecule has 1 saturated heterocycles. The molecule has 1 aromatic rings. The number of benzene rings is 1. The molecule has 142 valence electrons. The molecule has 4 rings (SSSR count). The fraction of sp³-hybridized carbons (Fsp3) is 0.682. The Labute approximate surface area is 157 Å². The van der Waals surface area contributed by atoms with Crippen LogP contribution in [0.15, 0.2) is 18.2 Å². The van der Waals surface area contributed by atoms with Gasteiger partial charge in [-0.3, -0.25) is 4.79 Å². The van der Waals surface area contributed by atoms with E-state index in [-0.39, 0.29) is 5.91 Å². The quantitative estimate of drug-likeness (QED) is 0.775. The molecule has 3 aliphatic rings. The van der Waals surface area contributed by atoms with E-state index in [1.807, 2.05) is 12.1 Å². The topological polar surface area (TPSA) is 41.6 Å². The molecule has 0 bridgehead atoms. The summed E-state index contributed by atoms with van der Waals surface area (Å²) < 4.78 is 5.91. The third-order valence-electron chi connectivity index (χ3n) is 6.49. The zero-order valence-electron chi connectivity index (χ0n) is 15.8. The minimum atomic E-state index is 0.108. The molecule has 1 amide bonds. The van der Waals surface area contributed by atoms with E-state index in [2.05, 4.69) is 16.3 Å². The molecule has 2 atom stereocenters. The lowest BCUT2D eigenvalue weighted by molar-refractivity contribution is -0.116. The summed E-state index contributed by atoms with van der Waals surface area (Å²) in [5, 5.41) is 2.94. The van der Waals surface area contributed by atoms with E-state index >= 15 is 0 Å². The predicted molar refractivity (Wildman–Crippen MR) is 105 cm³/mol. The molecule has 26 heavy (non-hydrogen) atoms. The normalized spacial score (nSPS) is 25.9. The van der Waals surface area contributed by atoms with E-state index < -0.39 is 0 Å². The maximum atomic E-state index is 11.5. The van der Waals surface area contributed by atoms with Crippen molar-refractivity contribution in [3.05, 3.63) is 23.8 Å². The monoisotopic (exact) mass is 356 g/mol. The number of hydrogen-bond donors (Lipinski definition) is 1. The second kappa shape index (κ2) is 8.43. The molecule has 1 N–H and O–H groups in total. The van der Waals surface area contributed by atoms with Crippen LogP contribution in [-0.4, -0.2) is 37.0 Å². The smallest absolute Gasteiger partial charge is 0.224 e. The Morgan fingerprint density at radius 1 is 1.08 bits per heavy atom. The predicted octanol–water partition coefficient (Wildman–Crippen LogP) is 4.24. The Morgan fingerprint density at radius 3 is 2.88 bits per heavy atom.